The summed E-state index contributed by atoms with van der Waals surface area (Å²) in [6, 6.07) is 10.4. The molecule has 4 rings (SSSR count). The van der Waals surface area contributed by atoms with Crippen molar-refractivity contribution >= 4 is 11.7 Å². The maximum atomic E-state index is 12.7. The van der Waals surface area contributed by atoms with Crippen molar-refractivity contribution in [3.05, 3.63) is 46.8 Å². The summed E-state index contributed by atoms with van der Waals surface area (Å²) in [5, 5.41) is 7.61. The highest BCUT2D eigenvalue weighted by atomic mass is 16.5. The van der Waals surface area contributed by atoms with Crippen LogP contribution in [0.2, 0.25) is 0 Å². The Morgan fingerprint density at radius 1 is 1.20 bits per heavy atom. The van der Waals surface area contributed by atoms with Gasteiger partial charge in [0.2, 0.25) is 5.91 Å². The summed E-state index contributed by atoms with van der Waals surface area (Å²) in [6.45, 7) is 2.76. The Morgan fingerprint density at radius 3 is 2.77 bits per heavy atom. The molecule has 2 atom stereocenters. The van der Waals surface area contributed by atoms with Crippen molar-refractivity contribution < 1.29 is 14.3 Å². The average Bonchev–Trinajstić information content (AvgIpc) is 3.32. The van der Waals surface area contributed by atoms with Gasteiger partial charge in [0.05, 0.1) is 24.8 Å². The first kappa shape index (κ1) is 20.4. The van der Waals surface area contributed by atoms with Crippen LogP contribution in [0.3, 0.4) is 0 Å². The molecule has 8 heteroatoms. The molecular weight excluding hydrogens is 384 g/mol. The van der Waals surface area contributed by atoms with E-state index < -0.39 is 0 Å². The molecule has 1 N–H and O–H groups in total. The van der Waals surface area contributed by atoms with Gasteiger partial charge in [-0.25, -0.2) is 0 Å². The van der Waals surface area contributed by atoms with Gasteiger partial charge in [0.25, 0.3) is 5.56 Å². The number of benzene rings is 1. The van der Waals surface area contributed by atoms with Crippen molar-refractivity contribution in [3.63, 3.8) is 0 Å². The summed E-state index contributed by atoms with van der Waals surface area (Å²) in [5.74, 6) is 1.39. The third-order valence-corrected chi connectivity index (χ3v) is 5.75. The normalized spacial score (nSPS) is 21.4. The summed E-state index contributed by atoms with van der Waals surface area (Å²) < 4.78 is 12.2. The van der Waals surface area contributed by atoms with E-state index in [4.69, 9.17) is 9.47 Å². The van der Waals surface area contributed by atoms with Gasteiger partial charge in [-0.15, -0.1) is 5.10 Å². The molecule has 0 spiro atoms. The van der Waals surface area contributed by atoms with Gasteiger partial charge in [-0.2, -0.15) is 4.68 Å². The van der Waals surface area contributed by atoms with Crippen LogP contribution in [0.1, 0.15) is 25.7 Å². The number of carbonyl (C=O) groups excluding carboxylic acids is 1. The molecule has 0 saturated carbocycles. The minimum Gasteiger partial charge on any atom is -0.497 e. The van der Waals surface area contributed by atoms with E-state index in [2.05, 4.69) is 15.3 Å². The van der Waals surface area contributed by atoms with Crippen LogP contribution in [0.4, 0.5) is 5.82 Å². The third kappa shape index (κ3) is 4.64. The predicted molar refractivity (Wildman–Crippen MR) is 113 cm³/mol. The molecule has 0 radical (unpaired) electrons. The van der Waals surface area contributed by atoms with E-state index in [0.717, 1.165) is 44.6 Å². The first-order valence-corrected chi connectivity index (χ1v) is 10.5. The maximum absolute atomic E-state index is 12.7. The highest BCUT2D eigenvalue weighted by Gasteiger charge is 2.27. The second-order valence-corrected chi connectivity index (χ2v) is 7.80. The number of hydrogen-bond donors (Lipinski definition) is 1. The maximum Gasteiger partial charge on any atom is 0.271 e. The highest BCUT2D eigenvalue weighted by molar-refractivity contribution is 5.79. The number of aromatic nitrogens is 2. The predicted octanol–water partition coefficient (Wildman–Crippen LogP) is 1.75. The molecule has 8 nitrogen and oxygen atoms in total. The van der Waals surface area contributed by atoms with Crippen molar-refractivity contribution in [2.24, 2.45) is 5.92 Å². The van der Waals surface area contributed by atoms with Crippen LogP contribution in [0, 0.1) is 5.92 Å². The summed E-state index contributed by atoms with van der Waals surface area (Å²) in [5.41, 5.74) is 0.470. The number of nitrogens with one attached hydrogen (secondary N) is 1. The molecule has 0 unspecified atom stereocenters. The van der Waals surface area contributed by atoms with Crippen LogP contribution >= 0.6 is 0 Å². The second kappa shape index (κ2) is 9.30. The minimum atomic E-state index is -0.202. The minimum absolute atomic E-state index is 0.0682. The monoisotopic (exact) mass is 412 g/mol. The number of methoxy groups -OCH3 is 1. The van der Waals surface area contributed by atoms with Crippen LogP contribution in [0.5, 0.6) is 5.75 Å². The number of carbonyl (C=O) groups is 1. The Morgan fingerprint density at radius 2 is 2.03 bits per heavy atom. The second-order valence-electron chi connectivity index (χ2n) is 7.80. The molecule has 0 aliphatic carbocycles. The molecule has 30 heavy (non-hydrogen) atoms. The fourth-order valence-corrected chi connectivity index (χ4v) is 4.04. The van der Waals surface area contributed by atoms with Gasteiger partial charge in [-0.1, -0.05) is 0 Å². The zero-order valence-electron chi connectivity index (χ0n) is 17.3. The quantitative estimate of drug-likeness (QED) is 0.778. The smallest absolute Gasteiger partial charge is 0.271 e. The number of ether oxygens (including phenoxy) is 2. The van der Waals surface area contributed by atoms with Gasteiger partial charge < -0.3 is 19.7 Å². The lowest BCUT2D eigenvalue weighted by Crippen LogP contribution is -2.45. The zero-order valence-corrected chi connectivity index (χ0v) is 17.3. The Labute approximate surface area is 175 Å². The van der Waals surface area contributed by atoms with Gasteiger partial charge in [-0.05, 0) is 56.0 Å². The number of anilines is 1. The molecule has 1 aromatic heterocycles. The number of amides is 1. The number of nitrogens with zero attached hydrogens (tertiary/aromatic N) is 3. The third-order valence-electron chi connectivity index (χ3n) is 5.75. The first-order chi connectivity index (χ1) is 14.6. The summed E-state index contributed by atoms with van der Waals surface area (Å²) in [4.78, 5) is 27.1. The molecule has 2 saturated heterocycles. The lowest BCUT2D eigenvalue weighted by atomic mass is 9.97. The van der Waals surface area contributed by atoms with Crippen LogP contribution in [-0.2, 0) is 9.53 Å². The van der Waals surface area contributed by atoms with E-state index in [-0.39, 0.29) is 23.5 Å². The molecule has 1 amide bonds. The van der Waals surface area contributed by atoms with Gasteiger partial charge in [0.1, 0.15) is 11.6 Å². The number of hydrogen-bond acceptors (Lipinski definition) is 6. The Kier molecular flexibility index (Phi) is 6.32. The van der Waals surface area contributed by atoms with E-state index in [0.29, 0.717) is 24.6 Å². The van der Waals surface area contributed by atoms with E-state index in [9.17, 15) is 9.59 Å². The van der Waals surface area contributed by atoms with Crippen LogP contribution < -0.4 is 20.5 Å². The molecule has 2 aromatic rings. The molecular formula is C22H28N4O4. The van der Waals surface area contributed by atoms with Crippen molar-refractivity contribution in [2.75, 3.05) is 38.3 Å². The first-order valence-electron chi connectivity index (χ1n) is 10.5. The number of piperidine rings is 1. The summed E-state index contributed by atoms with van der Waals surface area (Å²) in [6.07, 6.45) is 3.97. The van der Waals surface area contributed by atoms with Crippen LogP contribution in [0.25, 0.3) is 5.69 Å². The van der Waals surface area contributed by atoms with Crippen LogP contribution in [-0.4, -0.2) is 55.1 Å². The van der Waals surface area contributed by atoms with Gasteiger partial charge in [-0.3, -0.25) is 9.59 Å². The van der Waals surface area contributed by atoms with Crippen molar-refractivity contribution in [2.45, 2.75) is 31.8 Å². The van der Waals surface area contributed by atoms with Crippen LogP contribution in [0.15, 0.2) is 41.2 Å². The molecule has 2 aliphatic rings. The average molecular weight is 412 g/mol. The highest BCUT2D eigenvalue weighted by Crippen LogP contribution is 2.22. The molecule has 0 bridgehead atoms. The summed E-state index contributed by atoms with van der Waals surface area (Å²) >= 11 is 0. The molecule has 2 fully saturated rings. The lowest BCUT2D eigenvalue weighted by Gasteiger charge is -2.33. The molecule has 2 aliphatic heterocycles. The van der Waals surface area contributed by atoms with E-state index >= 15 is 0 Å². The summed E-state index contributed by atoms with van der Waals surface area (Å²) in [7, 11) is 1.60. The van der Waals surface area contributed by atoms with Crippen molar-refractivity contribution in [1.29, 1.82) is 0 Å². The van der Waals surface area contributed by atoms with Gasteiger partial charge >= 0.3 is 0 Å². The van der Waals surface area contributed by atoms with Gasteiger partial charge in [0.15, 0.2) is 0 Å². The zero-order chi connectivity index (χ0) is 20.9. The Bertz CT molecular complexity index is 921. The number of rotatable bonds is 6. The van der Waals surface area contributed by atoms with Crippen molar-refractivity contribution in [1.82, 2.24) is 15.1 Å². The molecule has 3 heterocycles. The van der Waals surface area contributed by atoms with E-state index in [1.807, 2.05) is 0 Å². The largest absolute Gasteiger partial charge is 0.497 e. The molecule has 160 valence electrons. The molecule has 1 aromatic carbocycles. The Hall–Kier alpha value is -2.87. The standard InChI is InChI=1S/C22H28N4O4/c1-29-18-8-6-17(7-9-18)26-21(27)11-10-20(24-26)25-12-2-4-16(15-25)22(28)23-14-19-5-3-13-30-19/h6-11,16,19H,2-5,12-15H2,1H3,(H,23,28)/t16-,19+/m1/s1. The van der Waals surface area contributed by atoms with Gasteiger partial charge in [0, 0.05) is 32.3 Å². The van der Waals surface area contributed by atoms with E-state index in [1.54, 1.807) is 37.4 Å². The fourth-order valence-electron chi connectivity index (χ4n) is 4.04. The topological polar surface area (TPSA) is 85.7 Å². The van der Waals surface area contributed by atoms with Crippen molar-refractivity contribution in [3.8, 4) is 11.4 Å². The Balaban J connectivity index is 1.45. The van der Waals surface area contributed by atoms with E-state index in [1.165, 1.54) is 10.7 Å². The fraction of sp³-hybridized carbons (Fsp3) is 0.500. The SMILES string of the molecule is COc1ccc(-n2nc(N3CCC[C@@H](C(=O)NC[C@@H]4CCCO4)C3)ccc2=O)cc1. The lowest BCUT2D eigenvalue weighted by molar-refractivity contribution is -0.125.